The highest BCUT2D eigenvalue weighted by Gasteiger charge is 2.16. The molecule has 2 rings (SSSR count). The maximum absolute atomic E-state index is 11.8. The number of nitriles is 1. The predicted octanol–water partition coefficient (Wildman–Crippen LogP) is 2.04. The molecule has 0 amide bonds. The van der Waals surface area contributed by atoms with Gasteiger partial charge in [0.2, 0.25) is 0 Å². The number of para-hydroxylation sites is 1. The Kier molecular flexibility index (Phi) is 3.57. The number of ether oxygens (including phenoxy) is 1. The van der Waals surface area contributed by atoms with Gasteiger partial charge in [-0.2, -0.15) is 5.26 Å². The topological polar surface area (TPSA) is 62.1 Å². The van der Waals surface area contributed by atoms with E-state index in [9.17, 15) is 4.79 Å². The molecule has 1 aromatic carbocycles. The van der Waals surface area contributed by atoms with Gasteiger partial charge in [-0.05, 0) is 24.3 Å². The molecule has 0 unspecified atom stereocenters. The van der Waals surface area contributed by atoms with Crippen molar-refractivity contribution >= 4 is 5.97 Å². The minimum atomic E-state index is -0.675. The number of esters is 1. The number of carbonyl (C=O) groups is 1. The molecule has 1 N–H and O–H groups in total. The van der Waals surface area contributed by atoms with E-state index in [-0.39, 0.29) is 5.57 Å². The number of benzene rings is 1. The Bertz CT molecular complexity index is 578. The van der Waals surface area contributed by atoms with E-state index in [4.69, 9.17) is 10.00 Å². The van der Waals surface area contributed by atoms with Crippen molar-refractivity contribution in [2.75, 3.05) is 0 Å². The monoisotopic (exact) mass is 238 g/mol. The number of hydrogen-bond donors (Lipinski definition) is 1. The highest BCUT2D eigenvalue weighted by atomic mass is 16.5. The van der Waals surface area contributed by atoms with Gasteiger partial charge in [0.15, 0.2) is 5.57 Å². The molecule has 4 nitrogen and oxygen atoms in total. The fourth-order valence-corrected chi connectivity index (χ4v) is 1.41. The Labute approximate surface area is 104 Å². The summed E-state index contributed by atoms with van der Waals surface area (Å²) in [6.45, 7) is 0. The third-order valence-corrected chi connectivity index (χ3v) is 2.25. The molecule has 1 aromatic rings. The van der Waals surface area contributed by atoms with Gasteiger partial charge in [-0.1, -0.05) is 24.3 Å². The summed E-state index contributed by atoms with van der Waals surface area (Å²) in [5.74, 6) is -0.266. The van der Waals surface area contributed by atoms with Crippen LogP contribution >= 0.6 is 0 Å². The predicted molar refractivity (Wildman–Crippen MR) is 66.1 cm³/mol. The highest BCUT2D eigenvalue weighted by molar-refractivity contribution is 5.95. The summed E-state index contributed by atoms with van der Waals surface area (Å²) in [5.41, 5.74) is 0.375. The maximum Gasteiger partial charge on any atom is 0.356 e. The van der Waals surface area contributed by atoms with Crippen LogP contribution in [-0.2, 0) is 4.79 Å². The van der Waals surface area contributed by atoms with Gasteiger partial charge in [0.05, 0.1) is 5.70 Å². The average Bonchev–Trinajstić information content (AvgIpc) is 2.42. The molecule has 1 heterocycles. The van der Waals surface area contributed by atoms with Gasteiger partial charge in [-0.3, -0.25) is 0 Å². The van der Waals surface area contributed by atoms with Gasteiger partial charge < -0.3 is 10.1 Å². The molecule has 0 saturated heterocycles. The van der Waals surface area contributed by atoms with E-state index in [2.05, 4.69) is 5.32 Å². The number of nitrogens with one attached hydrogen (secondary N) is 1. The van der Waals surface area contributed by atoms with E-state index in [1.54, 1.807) is 48.7 Å². The van der Waals surface area contributed by atoms with Crippen molar-refractivity contribution in [1.82, 2.24) is 5.32 Å². The van der Waals surface area contributed by atoms with E-state index >= 15 is 0 Å². The molecule has 0 aliphatic carbocycles. The van der Waals surface area contributed by atoms with Gasteiger partial charge >= 0.3 is 5.97 Å². The van der Waals surface area contributed by atoms with Crippen LogP contribution in [0.2, 0.25) is 0 Å². The van der Waals surface area contributed by atoms with E-state index in [1.165, 1.54) is 0 Å². The van der Waals surface area contributed by atoms with Gasteiger partial charge in [-0.15, -0.1) is 0 Å². The Hall–Kier alpha value is -2.80. The summed E-state index contributed by atoms with van der Waals surface area (Å²) in [7, 11) is 0. The zero-order valence-corrected chi connectivity index (χ0v) is 9.46. The summed E-state index contributed by atoms with van der Waals surface area (Å²) in [6.07, 6.45) is 6.78. The van der Waals surface area contributed by atoms with E-state index in [0.717, 1.165) is 0 Å². The number of carbonyl (C=O) groups excluding carboxylic acids is 1. The quantitative estimate of drug-likeness (QED) is 0.370. The molecule has 4 heteroatoms. The number of rotatable bonds is 2. The zero-order valence-electron chi connectivity index (χ0n) is 9.46. The van der Waals surface area contributed by atoms with Crippen molar-refractivity contribution in [3.63, 3.8) is 0 Å². The molecule has 0 bridgehead atoms. The molecule has 0 aromatic heterocycles. The van der Waals surface area contributed by atoms with Gasteiger partial charge in [-0.25, -0.2) is 4.79 Å². The third kappa shape index (κ3) is 2.66. The first-order valence-corrected chi connectivity index (χ1v) is 5.32. The second-order valence-electron chi connectivity index (χ2n) is 3.47. The van der Waals surface area contributed by atoms with Crippen LogP contribution in [0, 0.1) is 11.3 Å². The van der Waals surface area contributed by atoms with Crippen molar-refractivity contribution in [3.8, 4) is 11.8 Å². The number of dihydropyridines is 1. The maximum atomic E-state index is 11.8. The zero-order chi connectivity index (χ0) is 12.8. The van der Waals surface area contributed by atoms with Crippen LogP contribution in [0.5, 0.6) is 5.75 Å². The van der Waals surface area contributed by atoms with E-state index in [1.807, 2.05) is 12.1 Å². The van der Waals surface area contributed by atoms with E-state index < -0.39 is 5.97 Å². The van der Waals surface area contributed by atoms with Gasteiger partial charge in [0.1, 0.15) is 11.8 Å². The largest absolute Gasteiger partial charge is 0.422 e. The smallest absolute Gasteiger partial charge is 0.356 e. The summed E-state index contributed by atoms with van der Waals surface area (Å²) in [4.78, 5) is 11.8. The van der Waals surface area contributed by atoms with Crippen LogP contribution in [0.4, 0.5) is 0 Å². The first-order chi connectivity index (χ1) is 8.81. The standard InChI is InChI=1S/C14H10N2O2/c15-10-12(13-8-4-5-9-16-13)14(17)18-11-6-2-1-3-7-11/h1-9,16H. The molecular weight excluding hydrogens is 228 g/mol. The molecule has 88 valence electrons. The van der Waals surface area contributed by atoms with Crippen LogP contribution in [0.1, 0.15) is 0 Å². The number of hydrogen-bond acceptors (Lipinski definition) is 4. The molecule has 1 aliphatic heterocycles. The molecule has 0 saturated carbocycles. The van der Waals surface area contributed by atoms with Gasteiger partial charge in [0.25, 0.3) is 0 Å². The van der Waals surface area contributed by atoms with Crippen LogP contribution < -0.4 is 10.1 Å². The van der Waals surface area contributed by atoms with Crippen molar-refractivity contribution in [2.24, 2.45) is 0 Å². The van der Waals surface area contributed by atoms with Crippen molar-refractivity contribution in [3.05, 3.63) is 66.0 Å². The van der Waals surface area contributed by atoms with Crippen LogP contribution in [0.15, 0.2) is 66.0 Å². The van der Waals surface area contributed by atoms with Crippen LogP contribution in [0.25, 0.3) is 0 Å². The van der Waals surface area contributed by atoms with Crippen molar-refractivity contribution < 1.29 is 9.53 Å². The minimum absolute atomic E-state index is 0.0561. The lowest BCUT2D eigenvalue weighted by molar-refractivity contribution is -0.129. The second-order valence-corrected chi connectivity index (χ2v) is 3.47. The third-order valence-electron chi connectivity index (χ3n) is 2.25. The molecule has 18 heavy (non-hydrogen) atoms. The Morgan fingerprint density at radius 3 is 2.61 bits per heavy atom. The van der Waals surface area contributed by atoms with Crippen LogP contribution in [-0.4, -0.2) is 5.97 Å². The first-order valence-electron chi connectivity index (χ1n) is 5.32. The highest BCUT2D eigenvalue weighted by Crippen LogP contribution is 2.13. The normalized spacial score (nSPS) is 15.5. The lowest BCUT2D eigenvalue weighted by Crippen LogP contribution is -2.17. The van der Waals surface area contributed by atoms with E-state index in [0.29, 0.717) is 11.4 Å². The molecule has 0 radical (unpaired) electrons. The number of allylic oxidation sites excluding steroid dienone is 3. The fraction of sp³-hybridized carbons (Fsp3) is 0. The lowest BCUT2D eigenvalue weighted by Gasteiger charge is -2.08. The Morgan fingerprint density at radius 1 is 1.22 bits per heavy atom. The van der Waals surface area contributed by atoms with Crippen LogP contribution in [0.3, 0.4) is 0 Å². The molecule has 0 fully saturated rings. The Morgan fingerprint density at radius 2 is 2.00 bits per heavy atom. The van der Waals surface area contributed by atoms with Crippen molar-refractivity contribution in [1.29, 1.82) is 5.26 Å². The summed E-state index contributed by atoms with van der Waals surface area (Å²) in [5, 5.41) is 11.8. The second kappa shape index (κ2) is 5.51. The fourth-order valence-electron chi connectivity index (χ4n) is 1.41. The molecule has 1 aliphatic rings. The molecule has 0 spiro atoms. The summed E-state index contributed by atoms with van der Waals surface area (Å²) < 4.78 is 5.10. The Balaban J connectivity index is 2.20. The summed E-state index contributed by atoms with van der Waals surface area (Å²) >= 11 is 0. The SMILES string of the molecule is N#CC(C(=O)Oc1ccccc1)=C1C=CC=CN1. The van der Waals surface area contributed by atoms with Gasteiger partial charge in [0, 0.05) is 6.20 Å². The molecule has 0 atom stereocenters. The number of nitrogens with zero attached hydrogens (tertiary/aromatic N) is 1. The minimum Gasteiger partial charge on any atom is -0.422 e. The first kappa shape index (κ1) is 11.7. The molecular formula is C14H10N2O2. The lowest BCUT2D eigenvalue weighted by atomic mass is 10.2. The summed E-state index contributed by atoms with van der Waals surface area (Å²) in [6, 6.07) is 10.5. The average molecular weight is 238 g/mol. The van der Waals surface area contributed by atoms with Crippen molar-refractivity contribution in [2.45, 2.75) is 0 Å².